The Hall–Kier alpha value is -1.50. The summed E-state index contributed by atoms with van der Waals surface area (Å²) in [5, 5.41) is 0. The fraction of sp³-hybridized carbons (Fsp3) is 0.238. The van der Waals surface area contributed by atoms with Crippen LogP contribution in [0.4, 0.5) is 0 Å². The number of hydrogen-bond donors (Lipinski definition) is 0. The van der Waals surface area contributed by atoms with Crippen molar-refractivity contribution in [3.8, 4) is 0 Å². The first-order valence-electron chi connectivity index (χ1n) is 8.77. The first-order valence-corrected chi connectivity index (χ1v) is 11.5. The number of amides is 1. The summed E-state index contributed by atoms with van der Waals surface area (Å²) in [6.45, 7) is 0.426. The number of halogens is 1. The molecule has 0 spiro atoms. The Morgan fingerprint density at radius 1 is 0.963 bits per heavy atom. The molecule has 138 valence electrons. The smallest absolute Gasteiger partial charge is 0.260 e. The van der Waals surface area contributed by atoms with Gasteiger partial charge in [0, 0.05) is 28.9 Å². The number of ketones is 1. The minimum Gasteiger partial charge on any atom is -0.323 e. The Bertz CT molecular complexity index is 905. The van der Waals surface area contributed by atoms with Crippen molar-refractivity contribution in [2.24, 2.45) is 0 Å². The molecule has 2 aliphatic rings. The number of thioether (sulfide) groups is 2. The Morgan fingerprint density at radius 3 is 2.33 bits per heavy atom. The van der Waals surface area contributed by atoms with Crippen molar-refractivity contribution < 1.29 is 9.59 Å². The van der Waals surface area contributed by atoms with Crippen LogP contribution in [-0.4, -0.2) is 34.1 Å². The molecule has 2 heterocycles. The number of hydrogen-bond acceptors (Lipinski definition) is 4. The van der Waals surface area contributed by atoms with Crippen molar-refractivity contribution in [3.05, 3.63) is 80.0 Å². The minimum absolute atomic E-state index is 0.0344. The highest BCUT2D eigenvalue weighted by Gasteiger charge is 2.45. The molecule has 4 rings (SSSR count). The van der Waals surface area contributed by atoms with E-state index in [9.17, 15) is 9.59 Å². The van der Waals surface area contributed by atoms with E-state index >= 15 is 0 Å². The van der Waals surface area contributed by atoms with E-state index in [1.807, 2.05) is 54.6 Å². The molecular formula is C21H18BrNO2S2. The number of likely N-dealkylation sites (tertiary alicyclic amines) is 1. The second kappa shape index (κ2) is 8.25. The van der Waals surface area contributed by atoms with E-state index in [0.29, 0.717) is 18.5 Å². The van der Waals surface area contributed by atoms with Crippen molar-refractivity contribution in [2.45, 2.75) is 19.0 Å². The lowest BCUT2D eigenvalue weighted by molar-refractivity contribution is -0.127. The second-order valence-electron chi connectivity index (χ2n) is 6.45. The van der Waals surface area contributed by atoms with E-state index in [-0.39, 0.29) is 11.7 Å². The van der Waals surface area contributed by atoms with E-state index in [0.717, 1.165) is 31.3 Å². The van der Waals surface area contributed by atoms with Gasteiger partial charge in [0.05, 0.1) is 4.24 Å². The van der Waals surface area contributed by atoms with Gasteiger partial charge in [-0.3, -0.25) is 9.59 Å². The highest BCUT2D eigenvalue weighted by molar-refractivity contribution is 9.10. The van der Waals surface area contributed by atoms with Gasteiger partial charge in [-0.2, -0.15) is 0 Å². The number of nitrogens with zero attached hydrogens (tertiary/aromatic N) is 1. The van der Waals surface area contributed by atoms with Crippen molar-refractivity contribution in [2.75, 3.05) is 11.5 Å². The van der Waals surface area contributed by atoms with E-state index in [4.69, 9.17) is 0 Å². The first-order chi connectivity index (χ1) is 13.1. The summed E-state index contributed by atoms with van der Waals surface area (Å²) >= 11 is 6.83. The molecule has 0 saturated carbocycles. The van der Waals surface area contributed by atoms with Crippen LogP contribution in [0.1, 0.15) is 11.1 Å². The van der Waals surface area contributed by atoms with Gasteiger partial charge >= 0.3 is 0 Å². The summed E-state index contributed by atoms with van der Waals surface area (Å²) < 4.78 is 1.85. The van der Waals surface area contributed by atoms with Gasteiger partial charge in [0.15, 0.2) is 5.78 Å². The second-order valence-corrected chi connectivity index (χ2v) is 9.78. The number of rotatable bonds is 4. The maximum atomic E-state index is 13.2. The van der Waals surface area contributed by atoms with Gasteiger partial charge in [-0.25, -0.2) is 0 Å². The van der Waals surface area contributed by atoms with Crippen LogP contribution in [0, 0.1) is 0 Å². The van der Waals surface area contributed by atoms with Crippen molar-refractivity contribution >= 4 is 51.1 Å². The zero-order valence-corrected chi connectivity index (χ0v) is 17.8. The summed E-state index contributed by atoms with van der Waals surface area (Å²) in [6, 6.07) is 17.3. The van der Waals surface area contributed by atoms with Crippen LogP contribution in [-0.2, 0) is 22.6 Å². The maximum absolute atomic E-state index is 13.2. The van der Waals surface area contributed by atoms with Gasteiger partial charge in [0.25, 0.3) is 5.91 Å². The zero-order valence-electron chi connectivity index (χ0n) is 14.6. The molecule has 2 aliphatic heterocycles. The van der Waals surface area contributed by atoms with E-state index in [1.54, 1.807) is 28.4 Å². The van der Waals surface area contributed by atoms with Crippen LogP contribution < -0.4 is 0 Å². The highest BCUT2D eigenvalue weighted by atomic mass is 79.9. The Morgan fingerprint density at radius 2 is 1.63 bits per heavy atom. The summed E-state index contributed by atoms with van der Waals surface area (Å²) in [5.41, 5.74) is 2.48. The molecule has 3 nitrogen and oxygen atoms in total. The van der Waals surface area contributed by atoms with Gasteiger partial charge < -0.3 is 4.90 Å². The maximum Gasteiger partial charge on any atom is 0.260 e. The zero-order chi connectivity index (χ0) is 18.8. The lowest BCUT2D eigenvalue weighted by Gasteiger charge is -2.24. The molecule has 1 unspecified atom stereocenters. The Labute approximate surface area is 175 Å². The normalized spacial score (nSPS) is 20.0. The van der Waals surface area contributed by atoms with Gasteiger partial charge in [-0.1, -0.05) is 64.5 Å². The summed E-state index contributed by atoms with van der Waals surface area (Å²) in [6.07, 6.45) is 0.544. The van der Waals surface area contributed by atoms with Crippen LogP contribution >= 0.6 is 39.5 Å². The van der Waals surface area contributed by atoms with Crippen molar-refractivity contribution in [1.29, 1.82) is 0 Å². The lowest BCUT2D eigenvalue weighted by atomic mass is 10.0. The van der Waals surface area contributed by atoms with Gasteiger partial charge in [0.1, 0.15) is 11.6 Å². The van der Waals surface area contributed by atoms with Crippen LogP contribution in [0.15, 0.2) is 68.9 Å². The predicted octanol–water partition coefficient (Wildman–Crippen LogP) is 4.66. The van der Waals surface area contributed by atoms with Crippen LogP contribution in [0.5, 0.6) is 0 Å². The van der Waals surface area contributed by atoms with Crippen molar-refractivity contribution in [3.63, 3.8) is 0 Å². The predicted molar refractivity (Wildman–Crippen MR) is 116 cm³/mol. The van der Waals surface area contributed by atoms with Gasteiger partial charge in [0.2, 0.25) is 0 Å². The lowest BCUT2D eigenvalue weighted by Crippen LogP contribution is -2.36. The molecule has 0 radical (unpaired) electrons. The van der Waals surface area contributed by atoms with Crippen molar-refractivity contribution in [1.82, 2.24) is 4.90 Å². The van der Waals surface area contributed by atoms with Gasteiger partial charge in [-0.15, -0.1) is 23.5 Å². The number of benzene rings is 2. The molecule has 1 atom stereocenters. The van der Waals surface area contributed by atoms with E-state index in [2.05, 4.69) is 15.9 Å². The fourth-order valence-electron chi connectivity index (χ4n) is 3.37. The molecular weight excluding hydrogens is 442 g/mol. The standard InChI is InChI=1S/C21H18BrNO2S2/c22-16-9-5-4-8-15(16)13-23-17(12-14-6-2-1-3-7-14)19(24)18(20(23)25)21-26-10-11-27-21/h1-9,17H,10-13H2. The number of Topliss-reactive ketones (excluding diaryl/α,β-unsaturated/α-hetero) is 1. The summed E-state index contributed by atoms with van der Waals surface area (Å²) in [7, 11) is 0. The molecule has 0 aromatic heterocycles. The topological polar surface area (TPSA) is 37.4 Å². The highest BCUT2D eigenvalue weighted by Crippen LogP contribution is 2.42. The minimum atomic E-state index is -0.448. The van der Waals surface area contributed by atoms with Crippen LogP contribution in [0.25, 0.3) is 0 Å². The molecule has 6 heteroatoms. The SMILES string of the molecule is O=C1C(=C2SCCS2)C(=O)N(Cc2ccccc2Br)C1Cc1ccccc1. The largest absolute Gasteiger partial charge is 0.323 e. The first kappa shape index (κ1) is 18.8. The average Bonchev–Trinajstić information content (AvgIpc) is 3.27. The monoisotopic (exact) mass is 459 g/mol. The molecule has 2 fully saturated rings. The molecule has 0 N–H and O–H groups in total. The third kappa shape index (κ3) is 3.89. The summed E-state index contributed by atoms with van der Waals surface area (Å²) in [4.78, 5) is 28.2. The van der Waals surface area contributed by atoms with E-state index < -0.39 is 6.04 Å². The third-order valence-electron chi connectivity index (χ3n) is 4.72. The molecule has 2 saturated heterocycles. The Balaban J connectivity index is 1.70. The Kier molecular flexibility index (Phi) is 5.76. The molecule has 1 amide bonds. The number of carbonyl (C=O) groups is 2. The average molecular weight is 460 g/mol. The number of carbonyl (C=O) groups excluding carboxylic acids is 2. The molecule has 27 heavy (non-hydrogen) atoms. The molecule has 2 aromatic carbocycles. The van der Waals surface area contributed by atoms with Crippen LogP contribution in [0.2, 0.25) is 0 Å². The third-order valence-corrected chi connectivity index (χ3v) is 8.21. The van der Waals surface area contributed by atoms with Gasteiger partial charge in [-0.05, 0) is 17.2 Å². The van der Waals surface area contributed by atoms with E-state index in [1.165, 1.54) is 0 Å². The molecule has 2 aromatic rings. The fourth-order valence-corrected chi connectivity index (χ4v) is 6.32. The van der Waals surface area contributed by atoms with Crippen LogP contribution in [0.3, 0.4) is 0 Å². The summed E-state index contributed by atoms with van der Waals surface area (Å²) in [5.74, 6) is 1.75. The quantitative estimate of drug-likeness (QED) is 0.491. The molecule has 0 aliphatic carbocycles. The molecule has 0 bridgehead atoms.